The molecule has 4 heteroatoms. The first kappa shape index (κ1) is 12.9. The van der Waals surface area contributed by atoms with Gasteiger partial charge in [-0.2, -0.15) is 0 Å². The van der Waals surface area contributed by atoms with Crippen molar-refractivity contribution < 1.29 is 14.3 Å². The third kappa shape index (κ3) is 2.34. The summed E-state index contributed by atoms with van der Waals surface area (Å²) < 4.78 is 13.7. The fraction of sp³-hybridized carbons (Fsp3) is 0.214. The second kappa shape index (κ2) is 4.98. The van der Waals surface area contributed by atoms with Gasteiger partial charge in [0.25, 0.3) is 0 Å². The van der Waals surface area contributed by atoms with Crippen LogP contribution in [-0.2, 0) is 4.79 Å². The van der Waals surface area contributed by atoms with E-state index in [-0.39, 0.29) is 5.82 Å². The van der Waals surface area contributed by atoms with Gasteiger partial charge >= 0.3 is 5.97 Å². The topological polar surface area (TPSA) is 37.3 Å². The molecule has 0 aliphatic heterocycles. The number of benzene rings is 2. The van der Waals surface area contributed by atoms with E-state index in [0.29, 0.717) is 10.5 Å². The molecule has 0 aliphatic carbocycles. The fourth-order valence-corrected chi connectivity index (χ4v) is 2.33. The average Bonchev–Trinajstić information content (AvgIpc) is 2.36. The van der Waals surface area contributed by atoms with Crippen molar-refractivity contribution in [3.05, 3.63) is 41.7 Å². The lowest BCUT2D eigenvalue weighted by Crippen LogP contribution is -2.07. The molecule has 0 aromatic heterocycles. The van der Waals surface area contributed by atoms with E-state index in [4.69, 9.17) is 5.11 Å². The smallest absolute Gasteiger partial charge is 0.310 e. The Morgan fingerprint density at radius 3 is 2.61 bits per heavy atom. The highest BCUT2D eigenvalue weighted by molar-refractivity contribution is 7.98. The van der Waals surface area contributed by atoms with Gasteiger partial charge in [0, 0.05) is 4.90 Å². The predicted molar refractivity (Wildman–Crippen MR) is 71.7 cm³/mol. The molecule has 0 radical (unpaired) electrons. The van der Waals surface area contributed by atoms with E-state index < -0.39 is 11.9 Å². The molecule has 2 aromatic carbocycles. The lowest BCUT2D eigenvalue weighted by atomic mass is 9.98. The molecule has 0 aliphatic rings. The van der Waals surface area contributed by atoms with E-state index in [9.17, 15) is 9.18 Å². The van der Waals surface area contributed by atoms with Crippen molar-refractivity contribution in [3.8, 4) is 0 Å². The number of halogens is 1. The van der Waals surface area contributed by atoms with Crippen LogP contribution in [0.25, 0.3) is 10.8 Å². The summed E-state index contributed by atoms with van der Waals surface area (Å²) in [5.41, 5.74) is 0.686. The molecule has 1 unspecified atom stereocenters. The molecule has 0 bridgehead atoms. The SMILES string of the molecule is CSc1cc2ccc(C(C)C(=O)O)cc2cc1F. The Bertz CT molecular complexity index is 610. The molecule has 2 aromatic rings. The third-order valence-electron chi connectivity index (χ3n) is 3.01. The number of carboxylic acids is 1. The quantitative estimate of drug-likeness (QED) is 0.854. The molecule has 18 heavy (non-hydrogen) atoms. The molecular weight excluding hydrogens is 251 g/mol. The average molecular weight is 264 g/mol. The molecule has 2 nitrogen and oxygen atoms in total. The van der Waals surface area contributed by atoms with Crippen molar-refractivity contribution >= 4 is 28.5 Å². The van der Waals surface area contributed by atoms with Crippen molar-refractivity contribution in [1.29, 1.82) is 0 Å². The van der Waals surface area contributed by atoms with Gasteiger partial charge in [-0.3, -0.25) is 4.79 Å². The standard InChI is InChI=1S/C14H13FO2S/c1-8(14(16)17)9-3-4-10-7-13(18-2)12(15)6-11(10)5-9/h3-8H,1-2H3,(H,16,17). The van der Waals surface area contributed by atoms with Crippen LogP contribution in [0, 0.1) is 5.82 Å². The molecule has 1 atom stereocenters. The van der Waals surface area contributed by atoms with Crippen molar-refractivity contribution in [2.75, 3.05) is 6.26 Å². The van der Waals surface area contributed by atoms with Crippen LogP contribution in [0.2, 0.25) is 0 Å². The van der Waals surface area contributed by atoms with Crippen LogP contribution in [0.15, 0.2) is 35.2 Å². The summed E-state index contributed by atoms with van der Waals surface area (Å²) in [4.78, 5) is 11.5. The van der Waals surface area contributed by atoms with Gasteiger partial charge in [0.05, 0.1) is 5.92 Å². The molecule has 0 heterocycles. The van der Waals surface area contributed by atoms with E-state index in [1.807, 2.05) is 12.3 Å². The summed E-state index contributed by atoms with van der Waals surface area (Å²) in [5.74, 6) is -1.73. The predicted octanol–water partition coefficient (Wildman–Crippen LogP) is 3.89. The summed E-state index contributed by atoms with van der Waals surface area (Å²) in [6, 6.07) is 8.59. The molecule has 0 spiro atoms. The first-order valence-electron chi connectivity index (χ1n) is 5.53. The number of hydrogen-bond acceptors (Lipinski definition) is 2. The number of thioether (sulfide) groups is 1. The van der Waals surface area contributed by atoms with Gasteiger partial charge in [0.15, 0.2) is 0 Å². The number of rotatable bonds is 3. The van der Waals surface area contributed by atoms with Gasteiger partial charge in [0.2, 0.25) is 0 Å². The van der Waals surface area contributed by atoms with E-state index >= 15 is 0 Å². The molecule has 1 N–H and O–H groups in total. The number of carboxylic acid groups (broad SMARTS) is 1. The van der Waals surface area contributed by atoms with Gasteiger partial charge in [-0.15, -0.1) is 11.8 Å². The zero-order valence-electron chi connectivity index (χ0n) is 10.1. The van der Waals surface area contributed by atoms with Crippen LogP contribution in [0.5, 0.6) is 0 Å². The second-order valence-electron chi connectivity index (χ2n) is 4.15. The van der Waals surface area contributed by atoms with E-state index in [2.05, 4.69) is 0 Å². The lowest BCUT2D eigenvalue weighted by molar-refractivity contribution is -0.138. The van der Waals surface area contributed by atoms with Crippen molar-refractivity contribution in [2.24, 2.45) is 0 Å². The van der Waals surface area contributed by atoms with Crippen LogP contribution in [0.3, 0.4) is 0 Å². The Morgan fingerprint density at radius 1 is 1.28 bits per heavy atom. The minimum absolute atomic E-state index is 0.268. The Kier molecular flexibility index (Phi) is 3.57. The highest BCUT2D eigenvalue weighted by atomic mass is 32.2. The van der Waals surface area contributed by atoms with Gasteiger partial charge < -0.3 is 5.11 Å². The molecular formula is C14H13FO2S. The Labute approximate surface area is 109 Å². The molecule has 2 rings (SSSR count). The highest BCUT2D eigenvalue weighted by Gasteiger charge is 2.14. The maximum absolute atomic E-state index is 13.7. The van der Waals surface area contributed by atoms with Gasteiger partial charge in [-0.25, -0.2) is 4.39 Å². The number of aliphatic carboxylic acids is 1. The molecule has 0 saturated heterocycles. The normalized spacial score (nSPS) is 12.6. The fourth-order valence-electron chi connectivity index (χ4n) is 1.84. The monoisotopic (exact) mass is 264 g/mol. The lowest BCUT2D eigenvalue weighted by Gasteiger charge is -2.09. The Hall–Kier alpha value is -1.55. The van der Waals surface area contributed by atoms with Crippen LogP contribution >= 0.6 is 11.8 Å². The first-order valence-corrected chi connectivity index (χ1v) is 6.75. The van der Waals surface area contributed by atoms with E-state index in [1.54, 1.807) is 25.1 Å². The largest absolute Gasteiger partial charge is 0.481 e. The Morgan fingerprint density at radius 2 is 2.00 bits per heavy atom. The van der Waals surface area contributed by atoms with Crippen LogP contribution in [0.1, 0.15) is 18.4 Å². The Balaban J connectivity index is 2.55. The summed E-state index contributed by atoms with van der Waals surface area (Å²) >= 11 is 1.36. The highest BCUT2D eigenvalue weighted by Crippen LogP contribution is 2.28. The maximum Gasteiger partial charge on any atom is 0.310 e. The third-order valence-corrected chi connectivity index (χ3v) is 3.76. The first-order chi connectivity index (χ1) is 8.52. The minimum Gasteiger partial charge on any atom is -0.481 e. The van der Waals surface area contributed by atoms with Crippen LogP contribution in [0.4, 0.5) is 4.39 Å². The summed E-state index contributed by atoms with van der Waals surface area (Å²) in [6.07, 6.45) is 1.82. The zero-order valence-corrected chi connectivity index (χ0v) is 10.9. The molecule has 0 saturated carbocycles. The molecule has 0 fully saturated rings. The number of fused-ring (bicyclic) bond motifs is 1. The van der Waals surface area contributed by atoms with E-state index in [0.717, 1.165) is 10.8 Å². The zero-order chi connectivity index (χ0) is 13.3. The van der Waals surface area contributed by atoms with Crippen molar-refractivity contribution in [3.63, 3.8) is 0 Å². The number of hydrogen-bond donors (Lipinski definition) is 1. The number of carbonyl (C=O) groups is 1. The summed E-state index contributed by atoms with van der Waals surface area (Å²) in [6.45, 7) is 1.62. The van der Waals surface area contributed by atoms with Gasteiger partial charge in [-0.1, -0.05) is 18.2 Å². The van der Waals surface area contributed by atoms with Crippen LogP contribution < -0.4 is 0 Å². The molecule has 94 valence electrons. The van der Waals surface area contributed by atoms with Crippen molar-refractivity contribution in [2.45, 2.75) is 17.7 Å². The van der Waals surface area contributed by atoms with E-state index in [1.165, 1.54) is 17.8 Å². The second-order valence-corrected chi connectivity index (χ2v) is 5.00. The summed E-state index contributed by atoms with van der Waals surface area (Å²) in [7, 11) is 0. The van der Waals surface area contributed by atoms with Gasteiger partial charge in [-0.05, 0) is 41.6 Å². The van der Waals surface area contributed by atoms with Crippen molar-refractivity contribution in [1.82, 2.24) is 0 Å². The maximum atomic E-state index is 13.7. The van der Waals surface area contributed by atoms with Crippen LogP contribution in [-0.4, -0.2) is 17.3 Å². The minimum atomic E-state index is -0.879. The molecule has 0 amide bonds. The summed E-state index contributed by atoms with van der Waals surface area (Å²) in [5, 5.41) is 10.6. The van der Waals surface area contributed by atoms with Gasteiger partial charge in [0.1, 0.15) is 5.82 Å².